The van der Waals surface area contributed by atoms with Crippen LogP contribution in [0.25, 0.3) is 0 Å². The van der Waals surface area contributed by atoms with Crippen LogP contribution in [0.2, 0.25) is 0 Å². The van der Waals surface area contributed by atoms with Crippen LogP contribution < -0.4 is 0 Å². The monoisotopic (exact) mass is 237 g/mol. The lowest BCUT2D eigenvalue weighted by molar-refractivity contribution is 0.468. The SMILES string of the molecule is CN(Cc1ccccc1F)S(=O)(=O)Cl. The van der Waals surface area contributed by atoms with Crippen molar-refractivity contribution in [2.45, 2.75) is 6.54 Å². The fourth-order valence-corrected chi connectivity index (χ4v) is 1.38. The van der Waals surface area contributed by atoms with Crippen molar-refractivity contribution in [3.05, 3.63) is 35.6 Å². The van der Waals surface area contributed by atoms with E-state index >= 15 is 0 Å². The van der Waals surface area contributed by atoms with Gasteiger partial charge < -0.3 is 0 Å². The topological polar surface area (TPSA) is 37.4 Å². The fourth-order valence-electron chi connectivity index (χ4n) is 0.944. The van der Waals surface area contributed by atoms with Gasteiger partial charge in [-0.2, -0.15) is 12.7 Å². The average molecular weight is 238 g/mol. The van der Waals surface area contributed by atoms with Crippen molar-refractivity contribution in [1.82, 2.24) is 4.31 Å². The van der Waals surface area contributed by atoms with E-state index in [9.17, 15) is 12.8 Å². The van der Waals surface area contributed by atoms with Crippen molar-refractivity contribution in [2.24, 2.45) is 0 Å². The number of hydrogen-bond donors (Lipinski definition) is 0. The van der Waals surface area contributed by atoms with Gasteiger partial charge in [-0.3, -0.25) is 0 Å². The first-order valence-electron chi connectivity index (χ1n) is 3.80. The summed E-state index contributed by atoms with van der Waals surface area (Å²) in [6, 6.07) is 5.94. The Kier molecular flexibility index (Phi) is 3.47. The van der Waals surface area contributed by atoms with Crippen LogP contribution in [0, 0.1) is 5.82 Å². The van der Waals surface area contributed by atoms with Crippen molar-refractivity contribution in [3.8, 4) is 0 Å². The molecular weight excluding hydrogens is 229 g/mol. The summed E-state index contributed by atoms with van der Waals surface area (Å²) in [5.41, 5.74) is 0.291. The Morgan fingerprint density at radius 3 is 2.50 bits per heavy atom. The van der Waals surface area contributed by atoms with E-state index in [1.54, 1.807) is 6.07 Å². The lowest BCUT2D eigenvalue weighted by atomic mass is 10.2. The van der Waals surface area contributed by atoms with Crippen molar-refractivity contribution in [2.75, 3.05) is 7.05 Å². The standard InChI is InChI=1S/C8H9ClFNO2S/c1-11(14(9,12)13)6-7-4-2-3-5-8(7)10/h2-5H,6H2,1H3. The molecule has 0 aliphatic carbocycles. The minimum atomic E-state index is -3.78. The summed E-state index contributed by atoms with van der Waals surface area (Å²) in [7, 11) is 2.57. The second-order valence-corrected chi connectivity index (χ2v) is 5.41. The summed E-state index contributed by atoms with van der Waals surface area (Å²) < 4.78 is 35.6. The van der Waals surface area contributed by atoms with Gasteiger partial charge in [-0.05, 0) is 6.07 Å². The molecule has 0 aliphatic heterocycles. The van der Waals surface area contributed by atoms with E-state index in [0.717, 1.165) is 4.31 Å². The van der Waals surface area contributed by atoms with E-state index in [-0.39, 0.29) is 6.54 Å². The molecule has 3 nitrogen and oxygen atoms in total. The van der Waals surface area contributed by atoms with Crippen molar-refractivity contribution >= 4 is 19.9 Å². The third kappa shape index (κ3) is 2.94. The zero-order chi connectivity index (χ0) is 10.8. The molecule has 0 amide bonds. The molecule has 0 aromatic heterocycles. The summed E-state index contributed by atoms with van der Waals surface area (Å²) in [5.74, 6) is -0.445. The quantitative estimate of drug-likeness (QED) is 0.751. The molecule has 1 aromatic carbocycles. The Hall–Kier alpha value is -0.650. The van der Waals surface area contributed by atoms with Gasteiger partial charge in [0.2, 0.25) is 0 Å². The van der Waals surface area contributed by atoms with E-state index in [2.05, 4.69) is 0 Å². The Morgan fingerprint density at radius 2 is 2.00 bits per heavy atom. The molecule has 0 saturated carbocycles. The van der Waals surface area contributed by atoms with Crippen LogP contribution in [-0.4, -0.2) is 19.8 Å². The van der Waals surface area contributed by atoms with E-state index in [1.165, 1.54) is 25.2 Å². The zero-order valence-electron chi connectivity index (χ0n) is 7.44. The van der Waals surface area contributed by atoms with E-state index < -0.39 is 15.1 Å². The fraction of sp³-hybridized carbons (Fsp3) is 0.250. The van der Waals surface area contributed by atoms with E-state index in [0.29, 0.717) is 5.56 Å². The maximum Gasteiger partial charge on any atom is 0.299 e. The predicted molar refractivity (Wildman–Crippen MR) is 52.6 cm³/mol. The molecule has 0 N–H and O–H groups in total. The minimum Gasteiger partial charge on any atom is -0.207 e. The van der Waals surface area contributed by atoms with Crippen molar-refractivity contribution in [3.63, 3.8) is 0 Å². The van der Waals surface area contributed by atoms with Gasteiger partial charge in [-0.1, -0.05) is 18.2 Å². The lowest BCUT2D eigenvalue weighted by Crippen LogP contribution is -2.22. The molecule has 0 radical (unpaired) electrons. The van der Waals surface area contributed by atoms with Gasteiger partial charge in [0.1, 0.15) is 5.82 Å². The van der Waals surface area contributed by atoms with Crippen LogP contribution in [0.1, 0.15) is 5.56 Å². The van der Waals surface area contributed by atoms with Crippen LogP contribution >= 0.6 is 10.7 Å². The highest BCUT2D eigenvalue weighted by molar-refractivity contribution is 8.11. The highest BCUT2D eigenvalue weighted by Crippen LogP contribution is 2.12. The Bertz CT molecular complexity index is 421. The first-order valence-corrected chi connectivity index (χ1v) is 6.07. The normalized spacial score (nSPS) is 12.0. The molecule has 78 valence electrons. The summed E-state index contributed by atoms with van der Waals surface area (Å²) in [4.78, 5) is 0. The second-order valence-electron chi connectivity index (χ2n) is 2.79. The van der Waals surface area contributed by atoms with Crippen molar-refractivity contribution < 1.29 is 12.8 Å². The highest BCUT2D eigenvalue weighted by atomic mass is 35.7. The molecule has 0 atom stereocenters. The Labute approximate surface area is 86.7 Å². The molecule has 0 bridgehead atoms. The van der Waals surface area contributed by atoms with Gasteiger partial charge >= 0.3 is 0 Å². The highest BCUT2D eigenvalue weighted by Gasteiger charge is 2.15. The molecule has 0 unspecified atom stereocenters. The summed E-state index contributed by atoms with van der Waals surface area (Å²) in [6.07, 6.45) is 0. The van der Waals surface area contributed by atoms with Crippen LogP contribution in [-0.2, 0) is 15.8 Å². The number of halogens is 2. The summed E-state index contributed by atoms with van der Waals surface area (Å²) in [5, 5.41) is 0. The number of nitrogens with zero attached hydrogens (tertiary/aromatic N) is 1. The summed E-state index contributed by atoms with van der Waals surface area (Å²) in [6.45, 7) is -0.0709. The largest absolute Gasteiger partial charge is 0.299 e. The molecule has 0 spiro atoms. The van der Waals surface area contributed by atoms with Crippen LogP contribution in [0.15, 0.2) is 24.3 Å². The third-order valence-electron chi connectivity index (χ3n) is 1.72. The summed E-state index contributed by atoms with van der Waals surface area (Å²) >= 11 is 0. The minimum absolute atomic E-state index is 0.0709. The second kappa shape index (κ2) is 4.25. The van der Waals surface area contributed by atoms with Gasteiger partial charge in [0.25, 0.3) is 9.24 Å². The molecule has 0 heterocycles. The maximum absolute atomic E-state index is 13.1. The molecule has 0 fully saturated rings. The van der Waals surface area contributed by atoms with Gasteiger partial charge in [-0.15, -0.1) is 0 Å². The molecule has 1 aromatic rings. The van der Waals surface area contributed by atoms with E-state index in [1.807, 2.05) is 0 Å². The van der Waals surface area contributed by atoms with E-state index in [4.69, 9.17) is 10.7 Å². The van der Waals surface area contributed by atoms with Crippen LogP contribution in [0.3, 0.4) is 0 Å². The first-order chi connectivity index (χ1) is 6.41. The Balaban J connectivity index is 2.85. The third-order valence-corrected chi connectivity index (χ3v) is 3.30. The number of benzene rings is 1. The first kappa shape index (κ1) is 11.4. The molecule has 0 aliphatic rings. The van der Waals surface area contributed by atoms with Gasteiger partial charge in [0.05, 0.1) is 0 Å². The van der Waals surface area contributed by atoms with Gasteiger partial charge in [0.15, 0.2) is 0 Å². The number of rotatable bonds is 3. The molecule has 6 heteroatoms. The van der Waals surface area contributed by atoms with Crippen LogP contribution in [0.5, 0.6) is 0 Å². The smallest absolute Gasteiger partial charge is 0.207 e. The average Bonchev–Trinajstić information content (AvgIpc) is 2.07. The molecule has 1 rings (SSSR count). The van der Waals surface area contributed by atoms with Crippen LogP contribution in [0.4, 0.5) is 4.39 Å². The van der Waals surface area contributed by atoms with Gasteiger partial charge in [-0.25, -0.2) is 4.39 Å². The lowest BCUT2D eigenvalue weighted by Gasteiger charge is -2.12. The molecule has 14 heavy (non-hydrogen) atoms. The van der Waals surface area contributed by atoms with Gasteiger partial charge in [0, 0.05) is 29.8 Å². The Morgan fingerprint density at radius 1 is 1.43 bits per heavy atom. The zero-order valence-corrected chi connectivity index (χ0v) is 9.02. The molecule has 0 saturated heterocycles. The maximum atomic E-state index is 13.1. The number of hydrogen-bond acceptors (Lipinski definition) is 2. The molecular formula is C8H9ClFNO2S. The van der Waals surface area contributed by atoms with Crippen molar-refractivity contribution in [1.29, 1.82) is 0 Å². The predicted octanol–water partition coefficient (Wildman–Crippen LogP) is 1.74.